The summed E-state index contributed by atoms with van der Waals surface area (Å²) in [5.74, 6) is 1.04. The summed E-state index contributed by atoms with van der Waals surface area (Å²) < 4.78 is 5.97. The zero-order valence-corrected chi connectivity index (χ0v) is 29.8. The number of likely N-dealkylation sites (tertiary alicyclic amines) is 1. The third-order valence-corrected chi connectivity index (χ3v) is 12.2. The Kier molecular flexibility index (Phi) is 8.00. The molecule has 0 bridgehead atoms. The zero-order chi connectivity index (χ0) is 35.7. The van der Waals surface area contributed by atoms with Crippen LogP contribution in [0.25, 0.3) is 5.57 Å². The first-order valence-corrected chi connectivity index (χ1v) is 18.5. The molecule has 52 heavy (non-hydrogen) atoms. The summed E-state index contributed by atoms with van der Waals surface area (Å²) in [6, 6.07) is 14.1. The number of carbonyl (C=O) groups excluding carboxylic acids is 3. The lowest BCUT2D eigenvalue weighted by Crippen LogP contribution is -2.60. The molecule has 2 N–H and O–H groups in total. The Morgan fingerprint density at radius 3 is 2.52 bits per heavy atom. The van der Waals surface area contributed by atoms with Crippen molar-refractivity contribution in [2.75, 3.05) is 63.2 Å². The number of hydrogen-bond acceptors (Lipinski definition) is 10. The van der Waals surface area contributed by atoms with E-state index in [1.165, 1.54) is 6.42 Å². The molecule has 12 nitrogen and oxygen atoms in total. The van der Waals surface area contributed by atoms with E-state index >= 15 is 0 Å². The maximum atomic E-state index is 13.2. The summed E-state index contributed by atoms with van der Waals surface area (Å²) in [6.45, 7) is 7.28. The lowest BCUT2D eigenvalue weighted by atomic mass is 9.71. The van der Waals surface area contributed by atoms with Gasteiger partial charge in [0.15, 0.2) is 6.23 Å². The minimum Gasteiger partial charge on any atom is -0.496 e. The number of methoxy groups -OCH3 is 1. The molecule has 2 atom stereocenters. The molecule has 0 saturated carbocycles. The molecule has 2 aromatic carbocycles. The van der Waals surface area contributed by atoms with Crippen LogP contribution in [0.3, 0.4) is 0 Å². The maximum absolute atomic E-state index is 13.2. The first-order chi connectivity index (χ1) is 25.2. The van der Waals surface area contributed by atoms with Gasteiger partial charge in [-0.05, 0) is 85.8 Å². The third-order valence-electron chi connectivity index (χ3n) is 12.2. The van der Waals surface area contributed by atoms with E-state index in [2.05, 4.69) is 55.3 Å². The monoisotopic (exact) mass is 703 g/mol. The van der Waals surface area contributed by atoms with E-state index in [1.807, 2.05) is 36.5 Å². The molecule has 6 aliphatic heterocycles. The van der Waals surface area contributed by atoms with E-state index in [-0.39, 0.29) is 24.1 Å². The molecular formula is C40H45N7O5. The van der Waals surface area contributed by atoms with E-state index < -0.39 is 12.3 Å². The fourth-order valence-electron chi connectivity index (χ4n) is 8.89. The fourth-order valence-corrected chi connectivity index (χ4v) is 8.89. The van der Waals surface area contributed by atoms with Gasteiger partial charge < -0.3 is 29.4 Å². The van der Waals surface area contributed by atoms with Gasteiger partial charge in [0.2, 0.25) is 11.8 Å². The van der Waals surface area contributed by atoms with Crippen LogP contribution in [0.2, 0.25) is 0 Å². The van der Waals surface area contributed by atoms with Gasteiger partial charge in [-0.3, -0.25) is 24.6 Å². The molecule has 7 heterocycles. The maximum Gasteiger partial charge on any atom is 0.255 e. The molecule has 0 aliphatic carbocycles. The molecular weight excluding hydrogens is 658 g/mol. The fraction of sp³-hybridized carbons (Fsp3) is 0.450. The summed E-state index contributed by atoms with van der Waals surface area (Å²) in [5, 5.41) is 13.3. The number of anilines is 2. The number of pyridine rings is 1. The Labute approximate surface area is 303 Å². The highest BCUT2D eigenvalue weighted by atomic mass is 16.5. The van der Waals surface area contributed by atoms with Crippen molar-refractivity contribution in [2.45, 2.75) is 57.5 Å². The molecule has 2 unspecified atom stereocenters. The van der Waals surface area contributed by atoms with E-state index in [0.717, 1.165) is 109 Å². The molecule has 1 spiro atoms. The van der Waals surface area contributed by atoms with Gasteiger partial charge in [0.05, 0.1) is 7.11 Å². The highest BCUT2D eigenvalue weighted by Crippen LogP contribution is 2.44. The van der Waals surface area contributed by atoms with E-state index in [0.29, 0.717) is 23.9 Å². The summed E-state index contributed by atoms with van der Waals surface area (Å²) in [5.41, 5.74) is 8.10. The first-order valence-electron chi connectivity index (χ1n) is 18.5. The molecule has 3 amide bonds. The smallest absolute Gasteiger partial charge is 0.255 e. The van der Waals surface area contributed by atoms with Gasteiger partial charge in [0, 0.05) is 98.5 Å². The van der Waals surface area contributed by atoms with Crippen LogP contribution in [0.15, 0.2) is 54.9 Å². The number of benzene rings is 2. The third kappa shape index (κ3) is 5.59. The van der Waals surface area contributed by atoms with Crippen molar-refractivity contribution < 1.29 is 24.2 Å². The van der Waals surface area contributed by atoms with Crippen molar-refractivity contribution in [1.82, 2.24) is 25.0 Å². The van der Waals surface area contributed by atoms with Crippen molar-refractivity contribution in [1.29, 1.82) is 0 Å². The summed E-state index contributed by atoms with van der Waals surface area (Å²) in [4.78, 5) is 52.6. The minimum absolute atomic E-state index is 0.132. The lowest BCUT2D eigenvalue weighted by Gasteiger charge is -2.55. The predicted octanol–water partition coefficient (Wildman–Crippen LogP) is 3.49. The van der Waals surface area contributed by atoms with Gasteiger partial charge in [-0.2, -0.15) is 0 Å². The van der Waals surface area contributed by atoms with Gasteiger partial charge in [-0.25, -0.2) is 4.98 Å². The van der Waals surface area contributed by atoms with E-state index in [4.69, 9.17) is 4.74 Å². The number of aliphatic hydroxyl groups excluding tert-OH is 1. The number of nitrogens with one attached hydrogen (secondary N) is 1. The topological polar surface area (TPSA) is 122 Å². The zero-order valence-electron chi connectivity index (χ0n) is 29.8. The quantitative estimate of drug-likeness (QED) is 0.354. The molecule has 4 fully saturated rings. The molecule has 4 saturated heterocycles. The SMILES string of the molecule is COc1cc(C2=CN(C)C(O)c3cnc(N4CCC4)cc32)ccc1CN1CCC2(CC1)CN(c1ccc3c(c1)CN(C1CCC(=O)NC1=O)C3=O)C2. The number of carbonyl (C=O) groups is 3. The second-order valence-corrected chi connectivity index (χ2v) is 15.5. The van der Waals surface area contributed by atoms with Crippen LogP contribution >= 0.6 is 0 Å². The minimum atomic E-state index is -0.736. The number of imide groups is 1. The Hall–Kier alpha value is -4.94. The summed E-state index contributed by atoms with van der Waals surface area (Å²) in [7, 11) is 3.63. The molecule has 12 heteroatoms. The Balaban J connectivity index is 0.832. The van der Waals surface area contributed by atoms with Gasteiger partial charge in [0.1, 0.15) is 17.6 Å². The lowest BCUT2D eigenvalue weighted by molar-refractivity contribution is -0.136. The molecule has 270 valence electrons. The second kappa shape index (κ2) is 12.6. The second-order valence-electron chi connectivity index (χ2n) is 15.5. The summed E-state index contributed by atoms with van der Waals surface area (Å²) >= 11 is 0. The predicted molar refractivity (Wildman–Crippen MR) is 196 cm³/mol. The number of rotatable bonds is 7. The average Bonchev–Trinajstić information content (AvgIpc) is 3.43. The van der Waals surface area contributed by atoms with Crippen LogP contribution < -0.4 is 19.9 Å². The van der Waals surface area contributed by atoms with Crippen molar-refractivity contribution >= 4 is 34.8 Å². The van der Waals surface area contributed by atoms with Crippen LogP contribution in [0.5, 0.6) is 5.75 Å². The van der Waals surface area contributed by atoms with E-state index in [9.17, 15) is 19.5 Å². The standard InChI is InChI=1S/C40H45N7O5/c1-43-22-32(30-18-35(45-12-3-13-45)41-19-31(30)38(43)50)25-4-5-26(34(17-25)52-2)20-44-14-10-40(11-15-44)23-46(24-40)28-6-7-29-27(16-28)21-47(39(29)51)33-8-9-36(48)42-37(33)49/h4-7,16-19,22,33,38,50H,3,8-15,20-21,23-24H2,1-2H3,(H,42,48,49). The normalized spacial score (nSPS) is 23.9. The van der Waals surface area contributed by atoms with Crippen LogP contribution in [-0.4, -0.2) is 102 Å². The first kappa shape index (κ1) is 32.9. The number of amides is 3. The van der Waals surface area contributed by atoms with Crippen molar-refractivity contribution in [3.63, 3.8) is 0 Å². The molecule has 3 aromatic rings. The van der Waals surface area contributed by atoms with Gasteiger partial charge in [0.25, 0.3) is 5.91 Å². The Bertz CT molecular complexity index is 1990. The largest absolute Gasteiger partial charge is 0.496 e. The van der Waals surface area contributed by atoms with Crippen molar-refractivity contribution in [3.8, 4) is 5.75 Å². The molecule has 0 radical (unpaired) electrons. The molecule has 6 aliphatic rings. The highest BCUT2D eigenvalue weighted by molar-refractivity contribution is 6.05. The Morgan fingerprint density at radius 2 is 1.79 bits per heavy atom. The molecule has 1 aromatic heterocycles. The van der Waals surface area contributed by atoms with E-state index in [1.54, 1.807) is 12.0 Å². The van der Waals surface area contributed by atoms with Crippen LogP contribution in [0, 0.1) is 5.41 Å². The number of nitrogens with zero attached hydrogens (tertiary/aromatic N) is 6. The number of fused-ring (bicyclic) bond motifs is 2. The van der Waals surface area contributed by atoms with Crippen LogP contribution in [-0.2, 0) is 22.7 Å². The van der Waals surface area contributed by atoms with Gasteiger partial charge >= 0.3 is 0 Å². The Morgan fingerprint density at radius 1 is 0.981 bits per heavy atom. The van der Waals surface area contributed by atoms with Crippen LogP contribution in [0.4, 0.5) is 11.5 Å². The average molecular weight is 704 g/mol. The summed E-state index contributed by atoms with van der Waals surface area (Å²) in [6.07, 6.45) is 7.16. The number of aliphatic hydroxyl groups is 1. The number of aromatic nitrogens is 1. The number of piperidine rings is 2. The van der Waals surface area contributed by atoms with Gasteiger partial charge in [-0.1, -0.05) is 12.1 Å². The van der Waals surface area contributed by atoms with Crippen molar-refractivity contribution in [2.24, 2.45) is 5.41 Å². The van der Waals surface area contributed by atoms with Crippen molar-refractivity contribution in [3.05, 3.63) is 88.2 Å². The number of ether oxygens (including phenoxy) is 1. The highest BCUT2D eigenvalue weighted by Gasteiger charge is 2.46. The van der Waals surface area contributed by atoms with Gasteiger partial charge in [-0.15, -0.1) is 0 Å². The molecule has 9 rings (SSSR count). The number of hydrogen-bond donors (Lipinski definition) is 2. The van der Waals surface area contributed by atoms with Crippen LogP contribution in [0.1, 0.15) is 76.5 Å².